The van der Waals surface area contributed by atoms with Crippen molar-refractivity contribution in [2.75, 3.05) is 38.2 Å². The van der Waals surface area contributed by atoms with Gasteiger partial charge in [-0.3, -0.25) is 4.79 Å². The van der Waals surface area contributed by atoms with Crippen LogP contribution in [0.15, 0.2) is 58.4 Å². The number of nitrogens with zero attached hydrogens (tertiary/aromatic N) is 3. The van der Waals surface area contributed by atoms with E-state index in [1.165, 1.54) is 11.8 Å². The first-order valence-electron chi connectivity index (χ1n) is 9.04. The van der Waals surface area contributed by atoms with E-state index in [1.807, 2.05) is 48.5 Å². The predicted molar refractivity (Wildman–Crippen MR) is 116 cm³/mol. The Morgan fingerprint density at radius 2 is 1.82 bits per heavy atom. The van der Waals surface area contributed by atoms with E-state index < -0.39 is 0 Å². The van der Waals surface area contributed by atoms with Crippen molar-refractivity contribution in [1.29, 1.82) is 0 Å². The number of piperazine rings is 1. The van der Waals surface area contributed by atoms with Gasteiger partial charge >= 0.3 is 0 Å². The van der Waals surface area contributed by atoms with Gasteiger partial charge in [0.1, 0.15) is 5.75 Å². The molecule has 4 rings (SSSR count). The zero-order valence-corrected chi connectivity index (χ0v) is 17.0. The van der Waals surface area contributed by atoms with Gasteiger partial charge in [-0.05, 0) is 53.7 Å². The van der Waals surface area contributed by atoms with Crippen molar-refractivity contribution >= 4 is 46.2 Å². The number of anilines is 1. The second kappa shape index (κ2) is 8.29. The molecular formula is C21H20ClN3O2S. The summed E-state index contributed by atoms with van der Waals surface area (Å²) in [4.78, 5) is 21.7. The zero-order valence-electron chi connectivity index (χ0n) is 15.5. The summed E-state index contributed by atoms with van der Waals surface area (Å²) >= 11 is 7.54. The standard InChI is InChI=1S/C21H20ClN3O2S/c1-27-18-7-2-4-15(12-18)13-19-20(26)23-21(28-19)25-10-8-24(9-11-25)17-6-3-5-16(22)14-17/h2-7,12-14H,8-11H2,1H3/b19-13-. The van der Waals surface area contributed by atoms with E-state index in [0.717, 1.165) is 53.4 Å². The SMILES string of the molecule is COc1cccc(/C=C2\SC(N3CCN(c4cccc(Cl)c4)CC3)=NC2=O)c1. The maximum atomic E-state index is 12.3. The molecule has 144 valence electrons. The lowest BCUT2D eigenvalue weighted by Crippen LogP contribution is -2.47. The van der Waals surface area contributed by atoms with E-state index in [-0.39, 0.29) is 5.91 Å². The number of carbonyl (C=O) groups is 1. The van der Waals surface area contributed by atoms with Crippen molar-refractivity contribution in [1.82, 2.24) is 4.90 Å². The number of amidine groups is 1. The van der Waals surface area contributed by atoms with Crippen LogP contribution in [0, 0.1) is 0 Å². The van der Waals surface area contributed by atoms with Gasteiger partial charge in [0.15, 0.2) is 5.17 Å². The van der Waals surface area contributed by atoms with Crippen LogP contribution in [0.4, 0.5) is 5.69 Å². The molecule has 1 fully saturated rings. The molecule has 0 aromatic heterocycles. The average Bonchev–Trinajstić information content (AvgIpc) is 3.08. The molecule has 28 heavy (non-hydrogen) atoms. The second-order valence-electron chi connectivity index (χ2n) is 6.54. The van der Waals surface area contributed by atoms with Crippen molar-refractivity contribution in [3.63, 3.8) is 0 Å². The molecule has 2 aliphatic heterocycles. The first kappa shape index (κ1) is 18.9. The van der Waals surface area contributed by atoms with Gasteiger partial charge in [0.2, 0.25) is 0 Å². The van der Waals surface area contributed by atoms with Gasteiger partial charge in [0, 0.05) is 36.9 Å². The van der Waals surface area contributed by atoms with Crippen LogP contribution in [0.5, 0.6) is 5.75 Å². The summed E-state index contributed by atoms with van der Waals surface area (Å²) in [5.74, 6) is 0.586. The molecule has 0 atom stereocenters. The lowest BCUT2D eigenvalue weighted by molar-refractivity contribution is -0.113. The van der Waals surface area contributed by atoms with Crippen molar-refractivity contribution in [3.8, 4) is 5.75 Å². The molecule has 5 nitrogen and oxygen atoms in total. The number of aliphatic imine (C=N–C) groups is 1. The fraction of sp³-hybridized carbons (Fsp3) is 0.238. The Kier molecular flexibility index (Phi) is 5.59. The van der Waals surface area contributed by atoms with Crippen LogP contribution in [-0.4, -0.2) is 49.3 Å². The van der Waals surface area contributed by atoms with E-state index in [2.05, 4.69) is 20.9 Å². The monoisotopic (exact) mass is 413 g/mol. The van der Waals surface area contributed by atoms with E-state index in [1.54, 1.807) is 7.11 Å². The zero-order chi connectivity index (χ0) is 19.5. The highest BCUT2D eigenvalue weighted by molar-refractivity contribution is 8.18. The molecule has 0 bridgehead atoms. The highest BCUT2D eigenvalue weighted by Crippen LogP contribution is 2.31. The molecule has 1 saturated heterocycles. The first-order chi connectivity index (χ1) is 13.6. The molecule has 2 aromatic carbocycles. The highest BCUT2D eigenvalue weighted by Gasteiger charge is 2.28. The fourth-order valence-corrected chi connectivity index (χ4v) is 4.39. The van der Waals surface area contributed by atoms with E-state index in [9.17, 15) is 4.79 Å². The summed E-state index contributed by atoms with van der Waals surface area (Å²) in [6.07, 6.45) is 1.87. The van der Waals surface area contributed by atoms with Crippen LogP contribution in [-0.2, 0) is 4.79 Å². The average molecular weight is 414 g/mol. The number of rotatable bonds is 3. The number of halogens is 1. The van der Waals surface area contributed by atoms with Crippen LogP contribution in [0.1, 0.15) is 5.56 Å². The number of thioether (sulfide) groups is 1. The minimum Gasteiger partial charge on any atom is -0.497 e. The molecule has 1 amide bonds. The van der Waals surface area contributed by atoms with Crippen LogP contribution in [0.25, 0.3) is 6.08 Å². The molecule has 7 heteroatoms. The van der Waals surface area contributed by atoms with E-state index in [0.29, 0.717) is 4.91 Å². The van der Waals surface area contributed by atoms with Gasteiger partial charge in [0.25, 0.3) is 5.91 Å². The Hall–Kier alpha value is -2.44. The van der Waals surface area contributed by atoms with Crippen LogP contribution in [0.2, 0.25) is 5.02 Å². The third-order valence-corrected chi connectivity index (χ3v) is 6.00. The summed E-state index contributed by atoms with van der Waals surface area (Å²) in [6, 6.07) is 15.6. The molecular weight excluding hydrogens is 394 g/mol. The number of hydrogen-bond acceptors (Lipinski definition) is 5. The molecule has 2 aliphatic rings. The highest BCUT2D eigenvalue weighted by atomic mass is 35.5. The third-order valence-electron chi connectivity index (χ3n) is 4.72. The Balaban J connectivity index is 1.40. The summed E-state index contributed by atoms with van der Waals surface area (Å²) < 4.78 is 5.25. The molecule has 2 heterocycles. The van der Waals surface area contributed by atoms with Gasteiger partial charge < -0.3 is 14.5 Å². The fourth-order valence-electron chi connectivity index (χ4n) is 3.24. The summed E-state index contributed by atoms with van der Waals surface area (Å²) in [7, 11) is 1.63. The minimum absolute atomic E-state index is 0.180. The van der Waals surface area contributed by atoms with Crippen LogP contribution in [0.3, 0.4) is 0 Å². The number of amides is 1. The Labute approximate surface area is 173 Å². The molecule has 0 aliphatic carbocycles. The molecule has 0 N–H and O–H groups in total. The summed E-state index contributed by atoms with van der Waals surface area (Å²) in [6.45, 7) is 3.36. The maximum absolute atomic E-state index is 12.3. The van der Waals surface area contributed by atoms with E-state index in [4.69, 9.17) is 16.3 Å². The van der Waals surface area contributed by atoms with Crippen LogP contribution >= 0.6 is 23.4 Å². The lowest BCUT2D eigenvalue weighted by Gasteiger charge is -2.36. The number of hydrogen-bond donors (Lipinski definition) is 0. The van der Waals surface area contributed by atoms with Gasteiger partial charge in [-0.15, -0.1) is 0 Å². The van der Waals surface area contributed by atoms with Gasteiger partial charge in [0.05, 0.1) is 12.0 Å². The number of carbonyl (C=O) groups excluding carboxylic acids is 1. The predicted octanol–water partition coefficient (Wildman–Crippen LogP) is 4.14. The second-order valence-corrected chi connectivity index (χ2v) is 7.99. The van der Waals surface area contributed by atoms with Gasteiger partial charge in [-0.1, -0.05) is 29.8 Å². The third kappa shape index (κ3) is 4.18. The Morgan fingerprint density at radius 1 is 1.07 bits per heavy atom. The molecule has 0 saturated carbocycles. The minimum atomic E-state index is -0.180. The van der Waals surface area contributed by atoms with E-state index >= 15 is 0 Å². The summed E-state index contributed by atoms with van der Waals surface area (Å²) in [5.41, 5.74) is 2.06. The summed E-state index contributed by atoms with van der Waals surface area (Å²) in [5, 5.41) is 1.53. The van der Waals surface area contributed by atoms with Gasteiger partial charge in [-0.25, -0.2) is 0 Å². The van der Waals surface area contributed by atoms with Gasteiger partial charge in [-0.2, -0.15) is 4.99 Å². The van der Waals surface area contributed by atoms with Crippen molar-refractivity contribution in [2.24, 2.45) is 4.99 Å². The number of ether oxygens (including phenoxy) is 1. The quantitative estimate of drug-likeness (QED) is 0.707. The smallest absolute Gasteiger partial charge is 0.286 e. The molecule has 2 aromatic rings. The lowest BCUT2D eigenvalue weighted by atomic mass is 10.2. The maximum Gasteiger partial charge on any atom is 0.286 e. The molecule has 0 spiro atoms. The topological polar surface area (TPSA) is 45.1 Å². The van der Waals surface area contributed by atoms with Crippen molar-refractivity contribution in [3.05, 3.63) is 64.0 Å². The molecule has 0 radical (unpaired) electrons. The Bertz CT molecular complexity index is 952. The number of benzene rings is 2. The van der Waals surface area contributed by atoms with Crippen molar-refractivity contribution < 1.29 is 9.53 Å². The number of methoxy groups -OCH3 is 1. The molecule has 0 unspecified atom stereocenters. The van der Waals surface area contributed by atoms with Crippen LogP contribution < -0.4 is 9.64 Å². The first-order valence-corrected chi connectivity index (χ1v) is 10.2. The largest absolute Gasteiger partial charge is 0.497 e. The Morgan fingerprint density at radius 3 is 2.57 bits per heavy atom. The normalized spacial score (nSPS) is 18.6. The van der Waals surface area contributed by atoms with Crippen molar-refractivity contribution in [2.45, 2.75) is 0 Å².